The van der Waals surface area contributed by atoms with Crippen LogP contribution in [0.25, 0.3) is 0 Å². The van der Waals surface area contributed by atoms with Crippen LogP contribution in [-0.4, -0.2) is 36.4 Å². The van der Waals surface area contributed by atoms with Crippen molar-refractivity contribution in [2.24, 2.45) is 0 Å². The monoisotopic (exact) mass is 394 g/mol. The summed E-state index contributed by atoms with van der Waals surface area (Å²) in [5, 5.41) is 0. The van der Waals surface area contributed by atoms with Gasteiger partial charge in [0.05, 0.1) is 0 Å². The molecule has 0 aromatic heterocycles. The Morgan fingerprint density at radius 2 is 1.21 bits per heavy atom. The zero-order valence-corrected chi connectivity index (χ0v) is 19.7. The lowest BCUT2D eigenvalue weighted by atomic mass is 10.4. The molecule has 24 heavy (non-hydrogen) atoms. The van der Waals surface area contributed by atoms with Gasteiger partial charge in [-0.15, -0.1) is 0 Å². The maximum Gasteiger partial charge on any atom is 0.392 e. The van der Waals surface area contributed by atoms with Gasteiger partial charge in [-0.25, -0.2) is 0 Å². The summed E-state index contributed by atoms with van der Waals surface area (Å²) in [5.74, 6) is -0.165. The zero-order chi connectivity index (χ0) is 18.9. The van der Waals surface area contributed by atoms with Crippen LogP contribution in [0.1, 0.15) is 61.3 Å². The first-order valence-electron chi connectivity index (χ1n) is 9.58. The van der Waals surface area contributed by atoms with Crippen molar-refractivity contribution < 1.29 is 22.2 Å². The first-order chi connectivity index (χ1) is 11.2. The molecule has 0 aliphatic heterocycles. The van der Waals surface area contributed by atoms with E-state index in [-0.39, 0.29) is 5.97 Å². The predicted molar refractivity (Wildman–Crippen MR) is 106 cm³/mol. The average Bonchev–Trinajstić information content (AvgIpc) is 2.60. The molecule has 0 aromatic rings. The van der Waals surface area contributed by atoms with Gasteiger partial charge in [-0.05, 0) is 42.7 Å². The van der Waals surface area contributed by atoms with E-state index in [1.807, 2.05) is 34.6 Å². The van der Waals surface area contributed by atoms with Gasteiger partial charge in [0.1, 0.15) is 0 Å². The molecule has 0 atom stereocenters. The molecule has 0 saturated carbocycles. The van der Waals surface area contributed by atoms with E-state index in [1.54, 1.807) is 0 Å². The van der Waals surface area contributed by atoms with E-state index < -0.39 is 25.7 Å². The molecule has 0 radical (unpaired) electrons. The highest BCUT2D eigenvalue weighted by molar-refractivity contribution is 6.86. The topological polar surface area (TPSA) is 65.0 Å². The largest absolute Gasteiger partial charge is 0.495 e. The van der Waals surface area contributed by atoms with Crippen LogP contribution in [0.15, 0.2) is 0 Å². The first kappa shape index (κ1) is 24.0. The van der Waals surface area contributed by atoms with Gasteiger partial charge in [0.2, 0.25) is 0 Å². The number of hydrogen-bond acceptors (Lipinski definition) is 5. The van der Waals surface area contributed by atoms with Crippen LogP contribution in [0.3, 0.4) is 0 Å². The predicted octanol–water partition coefficient (Wildman–Crippen LogP) is 4.80. The molecule has 144 valence electrons. The molecular weight excluding hydrogens is 356 g/mol. The van der Waals surface area contributed by atoms with Gasteiger partial charge in [-0.2, -0.15) is 0 Å². The van der Waals surface area contributed by atoms with Crippen LogP contribution in [0.5, 0.6) is 0 Å². The normalized spacial score (nSPS) is 13.2. The molecule has 0 rings (SSSR count). The fourth-order valence-electron chi connectivity index (χ4n) is 2.66. The quantitative estimate of drug-likeness (QED) is 0.454. The van der Waals surface area contributed by atoms with Crippen LogP contribution in [0.4, 0.5) is 0 Å². The zero-order valence-electron chi connectivity index (χ0n) is 16.7. The van der Waals surface area contributed by atoms with Gasteiger partial charge >= 0.3 is 25.7 Å². The lowest BCUT2D eigenvalue weighted by Crippen LogP contribution is -2.59. The minimum Gasteiger partial charge on any atom is -0.495 e. The smallest absolute Gasteiger partial charge is 0.392 e. The van der Waals surface area contributed by atoms with Crippen LogP contribution in [0.2, 0.25) is 36.3 Å². The lowest BCUT2D eigenvalue weighted by molar-refractivity contribution is -0.136. The third kappa shape index (κ3) is 6.72. The molecular formula is C16H38O5Si3. The molecule has 0 aromatic carbocycles. The number of carbonyl (C=O) groups excluding carboxylic acids is 1. The van der Waals surface area contributed by atoms with Gasteiger partial charge in [-0.3, -0.25) is 4.79 Å². The van der Waals surface area contributed by atoms with Crippen LogP contribution < -0.4 is 0 Å². The second-order valence-corrected chi connectivity index (χ2v) is 17.9. The molecule has 0 bridgehead atoms. The van der Waals surface area contributed by atoms with Crippen LogP contribution >= 0.6 is 0 Å². The van der Waals surface area contributed by atoms with E-state index in [9.17, 15) is 9.59 Å². The van der Waals surface area contributed by atoms with E-state index in [2.05, 4.69) is 13.8 Å². The Morgan fingerprint density at radius 1 is 0.750 bits per heavy atom. The van der Waals surface area contributed by atoms with E-state index >= 15 is 0 Å². The fourth-order valence-corrected chi connectivity index (χ4v) is 15.8. The summed E-state index contributed by atoms with van der Waals surface area (Å²) in [6.45, 7) is 14.1. The van der Waals surface area contributed by atoms with Crippen molar-refractivity contribution in [3.63, 3.8) is 0 Å². The molecule has 0 heterocycles. The molecule has 0 fully saturated rings. The highest BCUT2D eigenvalue weighted by Gasteiger charge is 2.51. The summed E-state index contributed by atoms with van der Waals surface area (Å²) >= 11 is 0. The Bertz CT molecular complexity index is 367. The maximum absolute atomic E-state index is 12.1. The molecule has 0 amide bonds. The van der Waals surface area contributed by atoms with Crippen molar-refractivity contribution in [1.82, 2.24) is 0 Å². The van der Waals surface area contributed by atoms with Crippen molar-refractivity contribution >= 4 is 31.7 Å². The molecule has 0 aliphatic carbocycles. The van der Waals surface area contributed by atoms with Crippen LogP contribution in [0, 0.1) is 0 Å². The molecule has 0 saturated heterocycles. The summed E-state index contributed by atoms with van der Waals surface area (Å²) < 4.78 is 18.9. The Balaban J connectivity index is 5.51. The second-order valence-electron chi connectivity index (χ2n) is 6.32. The maximum atomic E-state index is 12.1. The molecule has 0 aliphatic rings. The second kappa shape index (κ2) is 10.9. The summed E-state index contributed by atoms with van der Waals surface area (Å²) in [6.07, 6.45) is 1.20. The molecule has 5 nitrogen and oxygen atoms in total. The minimum atomic E-state index is -2.74. The third-order valence-corrected chi connectivity index (χ3v) is 17.9. The van der Waals surface area contributed by atoms with E-state index in [4.69, 9.17) is 12.7 Å². The van der Waals surface area contributed by atoms with Crippen molar-refractivity contribution in [3.8, 4) is 0 Å². The van der Waals surface area contributed by atoms with Gasteiger partial charge in [-0.1, -0.05) is 48.5 Å². The Hall–Kier alpha value is 0.000649. The Morgan fingerprint density at radius 3 is 1.54 bits per heavy atom. The number of hydrogen-bond donors (Lipinski definition) is 1. The summed E-state index contributed by atoms with van der Waals surface area (Å²) in [4.78, 5) is 22.9. The van der Waals surface area contributed by atoms with Gasteiger partial charge in [0, 0.05) is 6.42 Å². The van der Waals surface area contributed by atoms with E-state index in [0.29, 0.717) is 18.5 Å². The van der Waals surface area contributed by atoms with Crippen molar-refractivity contribution in [3.05, 3.63) is 0 Å². The third-order valence-electron chi connectivity index (χ3n) is 4.76. The van der Waals surface area contributed by atoms with Crippen molar-refractivity contribution in [2.75, 3.05) is 0 Å². The molecule has 1 N–H and O–H groups in total. The highest BCUT2D eigenvalue weighted by Crippen LogP contribution is 2.32. The van der Waals surface area contributed by atoms with E-state index in [0.717, 1.165) is 30.6 Å². The Labute approximate surface area is 151 Å². The van der Waals surface area contributed by atoms with E-state index in [1.165, 1.54) is 0 Å². The number of rotatable bonds is 13. The summed E-state index contributed by atoms with van der Waals surface area (Å²) in [6, 6.07) is 4.27. The van der Waals surface area contributed by atoms with Crippen LogP contribution in [-0.2, 0) is 17.5 Å². The Kier molecular flexibility index (Phi) is 10.9. The number of carbonyl (C=O) groups is 1. The summed E-state index contributed by atoms with van der Waals surface area (Å²) in [7, 11) is -7.98. The SMILES string of the molecule is CCCC(=O)O[Si](CC)(CC)O[Si](CC)(CC)O[Si](O)(CC)CC. The lowest BCUT2D eigenvalue weighted by Gasteiger charge is -2.42. The van der Waals surface area contributed by atoms with Gasteiger partial charge in [0.25, 0.3) is 5.97 Å². The summed E-state index contributed by atoms with van der Waals surface area (Å²) in [5.41, 5.74) is 0. The molecule has 8 heteroatoms. The van der Waals surface area contributed by atoms with Gasteiger partial charge in [0.15, 0.2) is 0 Å². The van der Waals surface area contributed by atoms with Crippen molar-refractivity contribution in [2.45, 2.75) is 97.6 Å². The average molecular weight is 395 g/mol. The molecule has 0 unspecified atom stereocenters. The van der Waals surface area contributed by atoms with Gasteiger partial charge < -0.3 is 17.5 Å². The van der Waals surface area contributed by atoms with Crippen molar-refractivity contribution in [1.29, 1.82) is 0 Å². The minimum absolute atomic E-state index is 0.165. The molecule has 0 spiro atoms. The highest BCUT2D eigenvalue weighted by atomic mass is 28.5. The fraction of sp³-hybridized carbons (Fsp3) is 0.938. The first-order valence-corrected chi connectivity index (χ1v) is 16.3. The standard InChI is InChI=1S/C16H38O5Si3/c1-8-15-16(17)19-23(11-4,12-5)21-24(13-6,14-7)20-22(18,9-2)10-3/h18H,8-15H2,1-7H3.